The third-order valence-corrected chi connectivity index (χ3v) is 2.99. The SMILES string of the molecule is Cc1ccc(N2CC(N)C2=O)c(Br)c1. The first-order chi connectivity index (χ1) is 6.59. The lowest BCUT2D eigenvalue weighted by Gasteiger charge is -2.36. The number of hydrogen-bond acceptors (Lipinski definition) is 2. The van der Waals surface area contributed by atoms with Crippen LogP contribution in [-0.2, 0) is 4.79 Å². The Labute approximate surface area is 91.0 Å². The van der Waals surface area contributed by atoms with Crippen molar-refractivity contribution in [1.29, 1.82) is 0 Å². The lowest BCUT2D eigenvalue weighted by atomic mass is 10.1. The van der Waals surface area contributed by atoms with Crippen molar-refractivity contribution in [3.63, 3.8) is 0 Å². The maximum Gasteiger partial charge on any atom is 0.245 e. The molecule has 1 fully saturated rings. The Bertz CT molecular complexity index is 392. The number of benzene rings is 1. The van der Waals surface area contributed by atoms with E-state index in [1.54, 1.807) is 4.90 Å². The van der Waals surface area contributed by atoms with Crippen molar-refractivity contribution >= 4 is 27.5 Å². The third-order valence-electron chi connectivity index (χ3n) is 2.36. The molecule has 0 radical (unpaired) electrons. The molecule has 14 heavy (non-hydrogen) atoms. The Morgan fingerprint density at radius 3 is 2.79 bits per heavy atom. The van der Waals surface area contributed by atoms with Crippen LogP contribution >= 0.6 is 15.9 Å². The highest BCUT2D eigenvalue weighted by atomic mass is 79.9. The third kappa shape index (κ3) is 1.44. The molecule has 2 N–H and O–H groups in total. The number of rotatable bonds is 1. The van der Waals surface area contributed by atoms with Gasteiger partial charge in [0.2, 0.25) is 5.91 Å². The van der Waals surface area contributed by atoms with E-state index in [4.69, 9.17) is 5.73 Å². The number of aryl methyl sites for hydroxylation is 1. The fourth-order valence-corrected chi connectivity index (χ4v) is 2.21. The molecular formula is C10H11BrN2O. The van der Waals surface area contributed by atoms with Crippen LogP contribution in [0.15, 0.2) is 22.7 Å². The fraction of sp³-hybridized carbons (Fsp3) is 0.300. The second-order valence-electron chi connectivity index (χ2n) is 3.51. The molecule has 1 aromatic rings. The molecular weight excluding hydrogens is 244 g/mol. The number of halogens is 1. The van der Waals surface area contributed by atoms with Crippen LogP contribution in [0.4, 0.5) is 5.69 Å². The zero-order valence-electron chi connectivity index (χ0n) is 7.83. The van der Waals surface area contributed by atoms with Crippen molar-refractivity contribution in [2.45, 2.75) is 13.0 Å². The van der Waals surface area contributed by atoms with Gasteiger partial charge in [-0.2, -0.15) is 0 Å². The summed E-state index contributed by atoms with van der Waals surface area (Å²) < 4.78 is 0.942. The molecule has 1 unspecified atom stereocenters. The van der Waals surface area contributed by atoms with Gasteiger partial charge in [0.15, 0.2) is 0 Å². The molecule has 2 rings (SSSR count). The number of amides is 1. The van der Waals surface area contributed by atoms with Crippen LogP contribution in [0.1, 0.15) is 5.56 Å². The molecule has 1 aliphatic rings. The fourth-order valence-electron chi connectivity index (χ4n) is 1.50. The van der Waals surface area contributed by atoms with Crippen LogP contribution in [0.2, 0.25) is 0 Å². The molecule has 1 atom stereocenters. The standard InChI is InChI=1S/C10H11BrN2O/c1-6-2-3-9(7(11)4-6)13-5-8(12)10(13)14/h2-4,8H,5,12H2,1H3. The Kier molecular flexibility index (Phi) is 2.33. The number of carbonyl (C=O) groups is 1. The minimum Gasteiger partial charge on any atom is -0.318 e. The van der Waals surface area contributed by atoms with Gasteiger partial charge in [0.05, 0.1) is 12.2 Å². The van der Waals surface area contributed by atoms with Gasteiger partial charge < -0.3 is 10.6 Å². The van der Waals surface area contributed by atoms with Crippen molar-refractivity contribution in [2.75, 3.05) is 11.4 Å². The monoisotopic (exact) mass is 254 g/mol. The zero-order valence-corrected chi connectivity index (χ0v) is 9.41. The van der Waals surface area contributed by atoms with Gasteiger partial charge in [-0.1, -0.05) is 6.07 Å². The van der Waals surface area contributed by atoms with Gasteiger partial charge in [-0.25, -0.2) is 0 Å². The predicted molar refractivity (Wildman–Crippen MR) is 59.2 cm³/mol. The highest BCUT2D eigenvalue weighted by molar-refractivity contribution is 9.10. The van der Waals surface area contributed by atoms with Gasteiger partial charge >= 0.3 is 0 Å². The Morgan fingerprint density at radius 2 is 2.29 bits per heavy atom. The molecule has 1 saturated heterocycles. The number of hydrogen-bond donors (Lipinski definition) is 1. The largest absolute Gasteiger partial charge is 0.318 e. The summed E-state index contributed by atoms with van der Waals surface area (Å²) in [5.74, 6) is -0.00504. The van der Waals surface area contributed by atoms with Crippen molar-refractivity contribution < 1.29 is 4.79 Å². The molecule has 0 aliphatic carbocycles. The van der Waals surface area contributed by atoms with Crippen LogP contribution in [0.5, 0.6) is 0 Å². The van der Waals surface area contributed by atoms with E-state index in [0.29, 0.717) is 6.54 Å². The summed E-state index contributed by atoms with van der Waals surface area (Å²) in [4.78, 5) is 13.1. The van der Waals surface area contributed by atoms with Gasteiger partial charge in [0.25, 0.3) is 0 Å². The summed E-state index contributed by atoms with van der Waals surface area (Å²) in [6.45, 7) is 2.62. The number of nitrogens with two attached hydrogens (primary N) is 1. The van der Waals surface area contributed by atoms with Crippen LogP contribution in [-0.4, -0.2) is 18.5 Å². The normalized spacial score (nSPS) is 20.9. The first-order valence-electron chi connectivity index (χ1n) is 4.42. The first kappa shape index (κ1) is 9.68. The molecule has 3 nitrogen and oxygen atoms in total. The van der Waals surface area contributed by atoms with E-state index < -0.39 is 0 Å². The van der Waals surface area contributed by atoms with E-state index >= 15 is 0 Å². The van der Waals surface area contributed by atoms with Crippen molar-refractivity contribution in [3.05, 3.63) is 28.2 Å². The molecule has 1 aliphatic heterocycles. The molecule has 1 heterocycles. The van der Waals surface area contributed by atoms with E-state index in [9.17, 15) is 4.79 Å². The minimum absolute atomic E-state index is 0.00504. The number of nitrogens with zero attached hydrogens (tertiary/aromatic N) is 1. The second-order valence-corrected chi connectivity index (χ2v) is 4.36. The summed E-state index contributed by atoms with van der Waals surface area (Å²) in [7, 11) is 0. The summed E-state index contributed by atoms with van der Waals surface area (Å²) in [6.07, 6.45) is 0. The molecule has 1 aromatic carbocycles. The quantitative estimate of drug-likeness (QED) is 0.771. The van der Waals surface area contributed by atoms with Crippen molar-refractivity contribution in [1.82, 2.24) is 0 Å². The summed E-state index contributed by atoms with van der Waals surface area (Å²) in [5.41, 5.74) is 7.59. The molecule has 0 aromatic heterocycles. The van der Waals surface area contributed by atoms with Crippen LogP contribution in [0.3, 0.4) is 0 Å². The topological polar surface area (TPSA) is 46.3 Å². The van der Waals surface area contributed by atoms with Crippen molar-refractivity contribution in [3.8, 4) is 0 Å². The van der Waals surface area contributed by atoms with Gasteiger partial charge in [-0.05, 0) is 40.5 Å². The lowest BCUT2D eigenvalue weighted by Crippen LogP contribution is -2.61. The van der Waals surface area contributed by atoms with E-state index in [1.807, 2.05) is 25.1 Å². The average Bonchev–Trinajstić information content (AvgIpc) is 2.15. The zero-order chi connectivity index (χ0) is 10.3. The molecule has 0 saturated carbocycles. The van der Waals surface area contributed by atoms with Gasteiger partial charge in [-0.15, -0.1) is 0 Å². The Balaban J connectivity index is 2.30. The van der Waals surface area contributed by atoms with Gasteiger partial charge in [0, 0.05) is 4.47 Å². The Morgan fingerprint density at radius 1 is 1.57 bits per heavy atom. The molecule has 74 valence electrons. The van der Waals surface area contributed by atoms with E-state index in [-0.39, 0.29) is 11.9 Å². The number of anilines is 1. The Hall–Kier alpha value is -0.870. The minimum atomic E-state index is -0.316. The number of carbonyl (C=O) groups excluding carboxylic acids is 1. The molecule has 0 bridgehead atoms. The highest BCUT2D eigenvalue weighted by Crippen LogP contribution is 2.30. The average molecular weight is 255 g/mol. The maximum absolute atomic E-state index is 11.4. The summed E-state index contributed by atoms with van der Waals surface area (Å²) in [6, 6.07) is 5.59. The van der Waals surface area contributed by atoms with Crippen LogP contribution < -0.4 is 10.6 Å². The first-order valence-corrected chi connectivity index (χ1v) is 5.22. The number of β-lactam (4-membered cyclic amide) rings is 1. The maximum atomic E-state index is 11.4. The molecule has 0 spiro atoms. The second kappa shape index (κ2) is 3.37. The van der Waals surface area contributed by atoms with E-state index in [0.717, 1.165) is 15.7 Å². The van der Waals surface area contributed by atoms with Crippen molar-refractivity contribution in [2.24, 2.45) is 5.73 Å². The van der Waals surface area contributed by atoms with Gasteiger partial charge in [-0.3, -0.25) is 4.79 Å². The smallest absolute Gasteiger partial charge is 0.245 e. The predicted octanol–water partition coefficient (Wildman–Crippen LogP) is 1.43. The molecule has 1 amide bonds. The van der Waals surface area contributed by atoms with E-state index in [1.165, 1.54) is 0 Å². The van der Waals surface area contributed by atoms with Crippen LogP contribution in [0.25, 0.3) is 0 Å². The van der Waals surface area contributed by atoms with Crippen LogP contribution in [0, 0.1) is 6.92 Å². The lowest BCUT2D eigenvalue weighted by molar-refractivity contribution is -0.123. The van der Waals surface area contributed by atoms with Gasteiger partial charge in [0.1, 0.15) is 6.04 Å². The summed E-state index contributed by atoms with van der Waals surface area (Å²) >= 11 is 3.44. The van der Waals surface area contributed by atoms with E-state index in [2.05, 4.69) is 15.9 Å². The summed E-state index contributed by atoms with van der Waals surface area (Å²) in [5, 5.41) is 0. The highest BCUT2D eigenvalue weighted by Gasteiger charge is 2.35. The molecule has 4 heteroatoms.